The number of hydrogen-bond acceptors (Lipinski definition) is 3. The zero-order valence-electron chi connectivity index (χ0n) is 15.9. The van der Waals surface area contributed by atoms with E-state index in [1.165, 1.54) is 10.6 Å². The third-order valence-electron chi connectivity index (χ3n) is 5.91. The summed E-state index contributed by atoms with van der Waals surface area (Å²) in [5, 5.41) is 0. The van der Waals surface area contributed by atoms with Crippen LogP contribution >= 0.6 is 0 Å². The van der Waals surface area contributed by atoms with E-state index >= 15 is 0 Å². The van der Waals surface area contributed by atoms with Crippen molar-refractivity contribution in [1.29, 1.82) is 0 Å². The highest BCUT2D eigenvalue weighted by molar-refractivity contribution is 5.92. The number of aromatic nitrogens is 1. The Morgan fingerprint density at radius 2 is 1.64 bits per heavy atom. The quantitative estimate of drug-likeness (QED) is 0.817. The summed E-state index contributed by atoms with van der Waals surface area (Å²) in [6.07, 6.45) is 4.72. The van der Waals surface area contributed by atoms with E-state index in [1.807, 2.05) is 35.2 Å². The highest BCUT2D eigenvalue weighted by atomic mass is 16.2. The summed E-state index contributed by atoms with van der Waals surface area (Å²) in [6, 6.07) is 14.8. The van der Waals surface area contributed by atoms with Gasteiger partial charge in [-0.25, -0.2) is 0 Å². The van der Waals surface area contributed by atoms with E-state index in [-0.39, 0.29) is 23.9 Å². The van der Waals surface area contributed by atoms with Gasteiger partial charge in [-0.1, -0.05) is 36.4 Å². The first-order valence-electron chi connectivity index (χ1n) is 9.89. The molecular weight excluding hydrogens is 354 g/mol. The van der Waals surface area contributed by atoms with Gasteiger partial charge >= 0.3 is 0 Å². The predicted octanol–water partition coefficient (Wildman–Crippen LogP) is 2.03. The van der Waals surface area contributed by atoms with Crippen LogP contribution in [0.4, 0.5) is 0 Å². The second-order valence-corrected chi connectivity index (χ2v) is 7.66. The molecule has 0 N–H and O–H groups in total. The topological polar surface area (TPSA) is 62.6 Å². The van der Waals surface area contributed by atoms with Crippen LogP contribution in [0.2, 0.25) is 0 Å². The summed E-state index contributed by atoms with van der Waals surface area (Å²) in [4.78, 5) is 42.1. The summed E-state index contributed by atoms with van der Waals surface area (Å²) < 4.78 is 1.41. The number of nitrogens with zero attached hydrogens (tertiary/aromatic N) is 3. The molecule has 0 aliphatic carbocycles. The van der Waals surface area contributed by atoms with Crippen LogP contribution in [0.1, 0.15) is 31.2 Å². The van der Waals surface area contributed by atoms with Gasteiger partial charge in [-0.15, -0.1) is 0 Å². The molecule has 28 heavy (non-hydrogen) atoms. The van der Waals surface area contributed by atoms with Crippen LogP contribution in [-0.2, 0) is 22.7 Å². The Morgan fingerprint density at radius 3 is 2.39 bits per heavy atom. The lowest BCUT2D eigenvalue weighted by Gasteiger charge is -2.44. The number of carbonyl (C=O) groups excluding carboxylic acids is 2. The second-order valence-electron chi connectivity index (χ2n) is 7.66. The van der Waals surface area contributed by atoms with E-state index in [9.17, 15) is 14.4 Å². The molecule has 1 atom stereocenters. The summed E-state index contributed by atoms with van der Waals surface area (Å²) in [5.41, 5.74) is 0.145. The van der Waals surface area contributed by atoms with E-state index in [0.717, 1.165) is 24.9 Å². The molecule has 2 aliphatic rings. The standard InChI is InChI=1S/C22H25N3O3/c26-19-10-4-5-13-23(19)17-20(27)25-15-7-12-22(25)11-6-14-24(21(22)28)16-18-8-2-1-3-9-18/h1-5,8-10,13H,6-7,11-12,14-17H2. The molecule has 4 rings (SSSR count). The van der Waals surface area contributed by atoms with Crippen molar-refractivity contribution in [2.75, 3.05) is 13.1 Å². The first-order valence-corrected chi connectivity index (χ1v) is 9.89. The SMILES string of the molecule is O=C(Cn1ccccc1=O)N1CCCC12CCCN(Cc1ccccc1)C2=O. The van der Waals surface area contributed by atoms with Crippen molar-refractivity contribution in [2.45, 2.75) is 44.3 Å². The van der Waals surface area contributed by atoms with Gasteiger partial charge in [0.2, 0.25) is 11.8 Å². The molecular formula is C22H25N3O3. The third kappa shape index (κ3) is 3.35. The largest absolute Gasteiger partial charge is 0.336 e. The van der Waals surface area contributed by atoms with Gasteiger partial charge in [0, 0.05) is 31.9 Å². The molecule has 1 unspecified atom stereocenters. The fourth-order valence-electron chi connectivity index (χ4n) is 4.57. The van der Waals surface area contributed by atoms with Crippen molar-refractivity contribution in [3.63, 3.8) is 0 Å². The monoisotopic (exact) mass is 379 g/mol. The van der Waals surface area contributed by atoms with Gasteiger partial charge in [-0.3, -0.25) is 14.4 Å². The number of piperidine rings is 1. The molecule has 6 heteroatoms. The number of benzene rings is 1. The molecule has 3 heterocycles. The van der Waals surface area contributed by atoms with Crippen LogP contribution in [0.3, 0.4) is 0 Å². The average molecular weight is 379 g/mol. The van der Waals surface area contributed by atoms with Gasteiger partial charge in [0.15, 0.2) is 0 Å². The Morgan fingerprint density at radius 1 is 0.929 bits per heavy atom. The summed E-state index contributed by atoms with van der Waals surface area (Å²) >= 11 is 0. The molecule has 2 aromatic rings. The van der Waals surface area contributed by atoms with Crippen molar-refractivity contribution < 1.29 is 9.59 Å². The van der Waals surface area contributed by atoms with Crippen LogP contribution in [0.5, 0.6) is 0 Å². The lowest BCUT2D eigenvalue weighted by molar-refractivity contribution is -0.156. The first kappa shape index (κ1) is 18.5. The highest BCUT2D eigenvalue weighted by Crippen LogP contribution is 2.38. The molecule has 2 fully saturated rings. The highest BCUT2D eigenvalue weighted by Gasteiger charge is 2.52. The Hall–Kier alpha value is -2.89. The molecule has 1 spiro atoms. The number of rotatable bonds is 4. The molecule has 1 aromatic carbocycles. The first-order chi connectivity index (χ1) is 13.6. The van der Waals surface area contributed by atoms with Gasteiger partial charge in [0.05, 0.1) is 0 Å². The molecule has 6 nitrogen and oxygen atoms in total. The van der Waals surface area contributed by atoms with E-state index < -0.39 is 5.54 Å². The van der Waals surface area contributed by atoms with Crippen LogP contribution in [0, 0.1) is 0 Å². The van der Waals surface area contributed by atoms with Gasteiger partial charge in [-0.2, -0.15) is 0 Å². The van der Waals surface area contributed by atoms with Crippen LogP contribution in [0.25, 0.3) is 0 Å². The normalized spacial score (nSPS) is 22.1. The van der Waals surface area contributed by atoms with Crippen molar-refractivity contribution in [1.82, 2.24) is 14.4 Å². The Bertz CT molecular complexity index is 924. The minimum atomic E-state index is -0.748. The maximum Gasteiger partial charge on any atom is 0.250 e. The molecule has 0 radical (unpaired) electrons. The van der Waals surface area contributed by atoms with Gasteiger partial charge in [0.1, 0.15) is 12.1 Å². The number of pyridine rings is 1. The van der Waals surface area contributed by atoms with Gasteiger partial charge in [0.25, 0.3) is 5.56 Å². The Labute approximate surface area is 164 Å². The molecule has 2 saturated heterocycles. The smallest absolute Gasteiger partial charge is 0.250 e. The second kappa shape index (κ2) is 7.62. The zero-order valence-corrected chi connectivity index (χ0v) is 15.9. The molecule has 0 bridgehead atoms. The van der Waals surface area contributed by atoms with Crippen molar-refractivity contribution >= 4 is 11.8 Å². The van der Waals surface area contributed by atoms with E-state index in [4.69, 9.17) is 0 Å². The number of carbonyl (C=O) groups is 2. The van der Waals surface area contributed by atoms with Gasteiger partial charge < -0.3 is 14.4 Å². The van der Waals surface area contributed by atoms with Crippen molar-refractivity contribution in [3.05, 3.63) is 70.6 Å². The lowest BCUT2D eigenvalue weighted by atomic mass is 9.85. The van der Waals surface area contributed by atoms with Crippen molar-refractivity contribution in [3.8, 4) is 0 Å². The number of likely N-dealkylation sites (tertiary alicyclic amines) is 2. The fourth-order valence-corrected chi connectivity index (χ4v) is 4.57. The predicted molar refractivity (Wildman–Crippen MR) is 105 cm³/mol. The minimum absolute atomic E-state index is 0.0204. The summed E-state index contributed by atoms with van der Waals surface area (Å²) in [7, 11) is 0. The minimum Gasteiger partial charge on any atom is -0.336 e. The lowest BCUT2D eigenvalue weighted by Crippen LogP contribution is -2.61. The Balaban J connectivity index is 1.54. The van der Waals surface area contributed by atoms with E-state index in [1.54, 1.807) is 23.2 Å². The molecule has 146 valence electrons. The van der Waals surface area contributed by atoms with E-state index in [0.29, 0.717) is 25.9 Å². The molecule has 1 aromatic heterocycles. The number of amides is 2. The average Bonchev–Trinajstić information content (AvgIpc) is 3.13. The molecule has 2 aliphatic heterocycles. The van der Waals surface area contributed by atoms with E-state index in [2.05, 4.69) is 0 Å². The van der Waals surface area contributed by atoms with Crippen LogP contribution in [0.15, 0.2) is 59.5 Å². The number of hydrogen-bond donors (Lipinski definition) is 0. The summed E-state index contributed by atoms with van der Waals surface area (Å²) in [6.45, 7) is 1.84. The fraction of sp³-hybridized carbons (Fsp3) is 0.409. The van der Waals surface area contributed by atoms with Gasteiger partial charge in [-0.05, 0) is 37.3 Å². The molecule has 0 saturated carbocycles. The Kier molecular flexibility index (Phi) is 5.03. The third-order valence-corrected chi connectivity index (χ3v) is 5.91. The zero-order chi connectivity index (χ0) is 19.6. The molecule has 2 amide bonds. The van der Waals surface area contributed by atoms with Crippen molar-refractivity contribution in [2.24, 2.45) is 0 Å². The van der Waals surface area contributed by atoms with Crippen LogP contribution < -0.4 is 5.56 Å². The summed E-state index contributed by atoms with van der Waals surface area (Å²) in [5.74, 6) is -0.102. The maximum atomic E-state index is 13.5. The van der Waals surface area contributed by atoms with Crippen LogP contribution in [-0.4, -0.2) is 44.8 Å². The maximum absolute atomic E-state index is 13.5.